The number of halogens is 1. The van der Waals surface area contributed by atoms with Crippen molar-refractivity contribution in [2.24, 2.45) is 0 Å². The van der Waals surface area contributed by atoms with Crippen molar-refractivity contribution in [3.8, 4) is 0 Å². The van der Waals surface area contributed by atoms with Gasteiger partial charge in [0.05, 0.1) is 4.47 Å². The summed E-state index contributed by atoms with van der Waals surface area (Å²) in [6.45, 7) is 4.54. The summed E-state index contributed by atoms with van der Waals surface area (Å²) in [5.74, 6) is 0.393. The largest absolute Gasteiger partial charge is 0.450 e. The smallest absolute Gasteiger partial charge is 0.289 e. The first-order valence-corrected chi connectivity index (χ1v) is 7.69. The number of likely N-dealkylation sites (N-methyl/N-ethyl adjacent to an activating group) is 1. The van der Waals surface area contributed by atoms with E-state index in [0.717, 1.165) is 35.0 Å². The number of para-hydroxylation sites is 1. The molecule has 0 spiro atoms. The van der Waals surface area contributed by atoms with Crippen LogP contribution in [0.15, 0.2) is 33.2 Å². The number of rotatable bonds is 3. The molecule has 1 aliphatic rings. The fraction of sp³-hybridized carbons (Fsp3) is 0.400. The second-order valence-corrected chi connectivity index (χ2v) is 5.86. The third-order valence-corrected chi connectivity index (χ3v) is 4.41. The van der Waals surface area contributed by atoms with Crippen molar-refractivity contribution < 1.29 is 9.21 Å². The summed E-state index contributed by atoms with van der Waals surface area (Å²) in [5.41, 5.74) is 0.733. The lowest BCUT2D eigenvalue weighted by Gasteiger charge is -2.26. The van der Waals surface area contributed by atoms with E-state index < -0.39 is 0 Å². The Bertz CT molecular complexity index is 632. The fourth-order valence-electron chi connectivity index (χ4n) is 2.75. The van der Waals surface area contributed by atoms with Gasteiger partial charge in [-0.2, -0.15) is 0 Å². The number of nitrogens with one attached hydrogen (secondary N) is 1. The summed E-state index contributed by atoms with van der Waals surface area (Å²) in [6, 6.07) is 7.90. The van der Waals surface area contributed by atoms with E-state index in [1.165, 1.54) is 0 Å². The highest BCUT2D eigenvalue weighted by molar-refractivity contribution is 9.10. The number of fused-ring (bicyclic) bond motifs is 1. The molecular weight excluding hydrogens is 320 g/mol. The summed E-state index contributed by atoms with van der Waals surface area (Å²) >= 11 is 3.45. The van der Waals surface area contributed by atoms with Crippen molar-refractivity contribution in [3.05, 3.63) is 34.5 Å². The summed E-state index contributed by atoms with van der Waals surface area (Å²) in [4.78, 5) is 14.5. The van der Waals surface area contributed by atoms with Gasteiger partial charge in [0.2, 0.25) is 0 Å². The van der Waals surface area contributed by atoms with Crippen LogP contribution in [0.5, 0.6) is 0 Å². The molecular formula is C15H17BrN2O2. The Labute approximate surface area is 126 Å². The van der Waals surface area contributed by atoms with Crippen LogP contribution in [0.2, 0.25) is 0 Å². The molecule has 2 aromatic rings. The zero-order chi connectivity index (χ0) is 14.1. The summed E-state index contributed by atoms with van der Waals surface area (Å²) in [6.07, 6.45) is 1.00. The zero-order valence-corrected chi connectivity index (χ0v) is 12.9. The molecule has 1 atom stereocenters. The highest BCUT2D eigenvalue weighted by Gasteiger charge is 2.28. The Kier molecular flexibility index (Phi) is 3.81. The predicted molar refractivity (Wildman–Crippen MR) is 81.9 cm³/mol. The maximum atomic E-state index is 12.6. The van der Waals surface area contributed by atoms with Gasteiger partial charge >= 0.3 is 0 Å². The van der Waals surface area contributed by atoms with Gasteiger partial charge in [0.15, 0.2) is 5.76 Å². The normalized spacial score (nSPS) is 18.6. The molecule has 0 saturated carbocycles. The number of benzene rings is 1. The Morgan fingerprint density at radius 1 is 1.55 bits per heavy atom. The molecule has 1 aromatic heterocycles. The standard InChI is InChI=1S/C15H17BrN2O2/c1-2-18(11-6-7-17-9-11)15(19)13-8-10-4-3-5-12(16)14(10)20-13/h3-5,8,11,17H,2,6-7,9H2,1H3. The van der Waals surface area contributed by atoms with E-state index in [0.29, 0.717) is 12.3 Å². The van der Waals surface area contributed by atoms with Gasteiger partial charge < -0.3 is 14.6 Å². The Balaban J connectivity index is 1.92. The van der Waals surface area contributed by atoms with Crippen LogP contribution in [-0.2, 0) is 0 Å². The number of furan rings is 1. The minimum absolute atomic E-state index is 0.0238. The van der Waals surface area contributed by atoms with E-state index in [1.54, 1.807) is 0 Å². The van der Waals surface area contributed by atoms with E-state index >= 15 is 0 Å². The Morgan fingerprint density at radius 3 is 3.05 bits per heavy atom. The van der Waals surface area contributed by atoms with Crippen LogP contribution >= 0.6 is 15.9 Å². The molecule has 1 aliphatic heterocycles. The van der Waals surface area contributed by atoms with Gasteiger partial charge in [-0.15, -0.1) is 0 Å². The lowest BCUT2D eigenvalue weighted by molar-refractivity contribution is 0.0673. The SMILES string of the molecule is CCN(C(=O)c1cc2cccc(Br)c2o1)C1CCNC1. The van der Waals surface area contributed by atoms with Crippen molar-refractivity contribution in [3.63, 3.8) is 0 Å². The molecule has 1 saturated heterocycles. The first-order chi connectivity index (χ1) is 9.70. The predicted octanol–water partition coefficient (Wildman–Crippen LogP) is 3.02. The lowest BCUT2D eigenvalue weighted by atomic mass is 10.2. The Morgan fingerprint density at radius 2 is 2.40 bits per heavy atom. The number of amides is 1. The van der Waals surface area contributed by atoms with E-state index in [9.17, 15) is 4.79 Å². The summed E-state index contributed by atoms with van der Waals surface area (Å²) in [7, 11) is 0. The van der Waals surface area contributed by atoms with Gasteiger partial charge in [0.1, 0.15) is 5.58 Å². The molecule has 2 heterocycles. The minimum atomic E-state index is -0.0238. The van der Waals surface area contributed by atoms with Crippen LogP contribution in [0.25, 0.3) is 11.0 Å². The number of hydrogen-bond acceptors (Lipinski definition) is 3. The third-order valence-electron chi connectivity index (χ3n) is 3.78. The molecule has 1 amide bonds. The molecule has 0 aliphatic carbocycles. The van der Waals surface area contributed by atoms with Crippen LogP contribution < -0.4 is 5.32 Å². The molecule has 3 rings (SSSR count). The summed E-state index contributed by atoms with van der Waals surface area (Å²) < 4.78 is 6.62. The molecule has 0 radical (unpaired) electrons. The molecule has 1 fully saturated rings. The van der Waals surface area contributed by atoms with E-state index in [-0.39, 0.29) is 11.9 Å². The first kappa shape index (κ1) is 13.6. The fourth-order valence-corrected chi connectivity index (χ4v) is 3.21. The molecule has 0 bridgehead atoms. The van der Waals surface area contributed by atoms with Crippen LogP contribution in [0.1, 0.15) is 23.9 Å². The number of nitrogens with zero attached hydrogens (tertiary/aromatic N) is 1. The second kappa shape index (κ2) is 5.58. The number of carbonyl (C=O) groups excluding carboxylic acids is 1. The monoisotopic (exact) mass is 336 g/mol. The van der Waals surface area contributed by atoms with Gasteiger partial charge in [-0.25, -0.2) is 0 Å². The van der Waals surface area contributed by atoms with Crippen molar-refractivity contribution >= 4 is 32.8 Å². The first-order valence-electron chi connectivity index (χ1n) is 6.90. The average molecular weight is 337 g/mol. The van der Waals surface area contributed by atoms with Crippen LogP contribution in [0.3, 0.4) is 0 Å². The van der Waals surface area contributed by atoms with Crippen molar-refractivity contribution in [1.29, 1.82) is 0 Å². The van der Waals surface area contributed by atoms with Crippen molar-refractivity contribution in [1.82, 2.24) is 10.2 Å². The van der Waals surface area contributed by atoms with Gasteiger partial charge in [-0.1, -0.05) is 12.1 Å². The molecule has 106 valence electrons. The van der Waals surface area contributed by atoms with Gasteiger partial charge in [0, 0.05) is 24.5 Å². The lowest BCUT2D eigenvalue weighted by Crippen LogP contribution is -2.41. The van der Waals surface area contributed by atoms with Gasteiger partial charge in [0.25, 0.3) is 5.91 Å². The number of carbonyl (C=O) groups is 1. The molecule has 1 N–H and O–H groups in total. The minimum Gasteiger partial charge on any atom is -0.450 e. The molecule has 1 aromatic carbocycles. The van der Waals surface area contributed by atoms with Crippen LogP contribution in [-0.4, -0.2) is 36.5 Å². The van der Waals surface area contributed by atoms with E-state index in [1.807, 2.05) is 36.1 Å². The molecule has 1 unspecified atom stereocenters. The third kappa shape index (κ3) is 2.36. The maximum absolute atomic E-state index is 12.6. The van der Waals surface area contributed by atoms with Gasteiger partial charge in [-0.3, -0.25) is 4.79 Å². The van der Waals surface area contributed by atoms with E-state index in [4.69, 9.17) is 4.42 Å². The zero-order valence-electron chi connectivity index (χ0n) is 11.4. The average Bonchev–Trinajstić information content (AvgIpc) is 3.08. The van der Waals surface area contributed by atoms with Gasteiger partial charge in [-0.05, 0) is 48.0 Å². The van der Waals surface area contributed by atoms with Crippen LogP contribution in [0.4, 0.5) is 0 Å². The van der Waals surface area contributed by atoms with Crippen molar-refractivity contribution in [2.75, 3.05) is 19.6 Å². The molecule has 4 nitrogen and oxygen atoms in total. The van der Waals surface area contributed by atoms with Crippen LogP contribution in [0, 0.1) is 0 Å². The molecule has 20 heavy (non-hydrogen) atoms. The quantitative estimate of drug-likeness (QED) is 0.936. The topological polar surface area (TPSA) is 45.5 Å². The highest BCUT2D eigenvalue weighted by Crippen LogP contribution is 2.28. The molecule has 5 heteroatoms. The van der Waals surface area contributed by atoms with Crippen molar-refractivity contribution in [2.45, 2.75) is 19.4 Å². The highest BCUT2D eigenvalue weighted by atomic mass is 79.9. The second-order valence-electron chi connectivity index (χ2n) is 5.01. The number of hydrogen-bond donors (Lipinski definition) is 1. The van der Waals surface area contributed by atoms with E-state index in [2.05, 4.69) is 21.2 Å². The Hall–Kier alpha value is -1.33. The maximum Gasteiger partial charge on any atom is 0.289 e. The summed E-state index contributed by atoms with van der Waals surface area (Å²) in [5, 5.41) is 4.24.